The number of rotatable bonds is 2. The Kier molecular flexibility index (Phi) is 3.48. The molecule has 2 heterocycles. The van der Waals surface area contributed by atoms with E-state index in [0.717, 1.165) is 16.8 Å². The molecule has 100 valence electrons. The van der Waals surface area contributed by atoms with Crippen molar-refractivity contribution in [2.45, 2.75) is 13.1 Å². The van der Waals surface area contributed by atoms with Gasteiger partial charge in [-0.2, -0.15) is 0 Å². The Morgan fingerprint density at radius 3 is 2.95 bits per heavy atom. The maximum atomic E-state index is 12.1. The Morgan fingerprint density at radius 2 is 2.15 bits per heavy atom. The molecular formula is C15H12ClN3O. The molecule has 4 nitrogen and oxygen atoms in total. The van der Waals surface area contributed by atoms with E-state index in [1.807, 2.05) is 18.2 Å². The molecule has 1 aliphatic rings. The van der Waals surface area contributed by atoms with Crippen LogP contribution < -0.4 is 0 Å². The van der Waals surface area contributed by atoms with Crippen LogP contribution in [0.15, 0.2) is 42.9 Å². The highest BCUT2D eigenvalue weighted by atomic mass is 35.5. The number of halogens is 1. The van der Waals surface area contributed by atoms with E-state index in [-0.39, 0.29) is 5.91 Å². The van der Waals surface area contributed by atoms with Crippen molar-refractivity contribution in [1.82, 2.24) is 14.9 Å². The van der Waals surface area contributed by atoms with Crippen molar-refractivity contribution < 1.29 is 4.79 Å². The molecule has 2 aromatic rings. The first kappa shape index (κ1) is 12.8. The van der Waals surface area contributed by atoms with Gasteiger partial charge in [-0.3, -0.25) is 4.79 Å². The Hall–Kier alpha value is -2.20. The van der Waals surface area contributed by atoms with E-state index < -0.39 is 0 Å². The average Bonchev–Trinajstić information content (AvgIpc) is 2.90. The Balaban J connectivity index is 1.71. The lowest BCUT2D eigenvalue weighted by Gasteiger charge is -2.11. The second kappa shape index (κ2) is 5.43. The largest absolute Gasteiger partial charge is 0.329 e. The average molecular weight is 286 g/mol. The smallest absolute Gasteiger partial charge is 0.247 e. The molecule has 0 fully saturated rings. The number of nitrogens with zero attached hydrogens (tertiary/aromatic N) is 3. The molecule has 0 spiro atoms. The zero-order chi connectivity index (χ0) is 13.9. The molecule has 0 unspecified atom stereocenters. The summed E-state index contributed by atoms with van der Waals surface area (Å²) in [7, 11) is 0. The van der Waals surface area contributed by atoms with Crippen molar-refractivity contribution in [2.24, 2.45) is 0 Å². The minimum atomic E-state index is -0.0529. The molecule has 0 bridgehead atoms. The molecule has 0 saturated heterocycles. The number of fused-ring (bicyclic) bond motifs is 1. The zero-order valence-corrected chi connectivity index (χ0v) is 11.4. The number of aromatic nitrogens is 2. The highest BCUT2D eigenvalue weighted by Gasteiger charge is 2.22. The van der Waals surface area contributed by atoms with Crippen molar-refractivity contribution in [3.05, 3.63) is 64.7 Å². The van der Waals surface area contributed by atoms with Gasteiger partial charge in [-0.1, -0.05) is 29.8 Å². The first-order valence-corrected chi connectivity index (χ1v) is 6.61. The predicted molar refractivity (Wildman–Crippen MR) is 76.8 cm³/mol. The van der Waals surface area contributed by atoms with E-state index >= 15 is 0 Å². The number of hydrogen-bond acceptors (Lipinski definition) is 3. The molecule has 1 amide bonds. The van der Waals surface area contributed by atoms with Gasteiger partial charge < -0.3 is 4.90 Å². The fourth-order valence-electron chi connectivity index (χ4n) is 2.13. The van der Waals surface area contributed by atoms with Gasteiger partial charge in [0.25, 0.3) is 0 Å². The van der Waals surface area contributed by atoms with Gasteiger partial charge in [-0.15, -0.1) is 0 Å². The summed E-state index contributed by atoms with van der Waals surface area (Å²) < 4.78 is 0. The third kappa shape index (κ3) is 2.56. The van der Waals surface area contributed by atoms with E-state index in [4.69, 9.17) is 11.6 Å². The predicted octanol–water partition coefficient (Wildman–Crippen LogP) is 2.69. The zero-order valence-electron chi connectivity index (χ0n) is 10.7. The van der Waals surface area contributed by atoms with Crippen LogP contribution in [0.4, 0.5) is 0 Å². The standard InChI is InChI=1S/C15H12ClN3O/c16-13-4-2-1-3-11(13)5-6-15(20)19-8-12-7-17-10-18-14(12)9-19/h1-7,10H,8-9H2/b6-5+. The van der Waals surface area contributed by atoms with Crippen LogP contribution in [0.25, 0.3) is 6.08 Å². The first-order valence-electron chi connectivity index (χ1n) is 6.23. The third-order valence-corrected chi connectivity index (χ3v) is 3.55. The molecule has 0 radical (unpaired) electrons. The topological polar surface area (TPSA) is 46.1 Å². The third-order valence-electron chi connectivity index (χ3n) is 3.21. The summed E-state index contributed by atoms with van der Waals surface area (Å²) in [4.78, 5) is 22.0. The highest BCUT2D eigenvalue weighted by molar-refractivity contribution is 6.32. The van der Waals surface area contributed by atoms with Gasteiger partial charge in [0.05, 0.1) is 12.2 Å². The molecule has 20 heavy (non-hydrogen) atoms. The number of hydrogen-bond donors (Lipinski definition) is 0. The van der Waals surface area contributed by atoms with Crippen LogP contribution >= 0.6 is 11.6 Å². The summed E-state index contributed by atoms with van der Waals surface area (Å²) in [5.41, 5.74) is 2.76. The van der Waals surface area contributed by atoms with Crippen molar-refractivity contribution in [3.8, 4) is 0 Å². The normalized spacial score (nSPS) is 13.8. The second-order valence-corrected chi connectivity index (χ2v) is 4.95. The number of carbonyl (C=O) groups is 1. The Labute approximate surface area is 121 Å². The molecule has 1 aromatic carbocycles. The Morgan fingerprint density at radius 1 is 1.30 bits per heavy atom. The van der Waals surface area contributed by atoms with Gasteiger partial charge in [-0.25, -0.2) is 9.97 Å². The van der Waals surface area contributed by atoms with E-state index in [1.165, 1.54) is 6.33 Å². The van der Waals surface area contributed by atoms with Crippen molar-refractivity contribution in [3.63, 3.8) is 0 Å². The molecule has 1 aromatic heterocycles. The van der Waals surface area contributed by atoms with E-state index in [9.17, 15) is 4.79 Å². The molecular weight excluding hydrogens is 274 g/mol. The fraction of sp³-hybridized carbons (Fsp3) is 0.133. The molecule has 0 saturated carbocycles. The van der Waals surface area contributed by atoms with Gasteiger partial charge in [0.15, 0.2) is 0 Å². The van der Waals surface area contributed by atoms with E-state index in [0.29, 0.717) is 18.1 Å². The summed E-state index contributed by atoms with van der Waals surface area (Å²) in [6.45, 7) is 1.09. The monoisotopic (exact) mass is 285 g/mol. The molecule has 1 aliphatic heterocycles. The van der Waals surface area contributed by atoms with E-state index in [2.05, 4.69) is 9.97 Å². The molecule has 5 heteroatoms. The molecule has 0 atom stereocenters. The van der Waals surface area contributed by atoms with Crippen LogP contribution in [0.2, 0.25) is 5.02 Å². The lowest BCUT2D eigenvalue weighted by Crippen LogP contribution is -2.23. The van der Waals surface area contributed by atoms with Crippen LogP contribution in [0, 0.1) is 0 Å². The van der Waals surface area contributed by atoms with Crippen LogP contribution in [-0.2, 0) is 17.9 Å². The second-order valence-electron chi connectivity index (χ2n) is 4.54. The molecule has 0 aliphatic carbocycles. The van der Waals surface area contributed by atoms with Gasteiger partial charge in [0.1, 0.15) is 6.33 Å². The van der Waals surface area contributed by atoms with Crippen LogP contribution in [0.1, 0.15) is 16.8 Å². The molecule has 0 N–H and O–H groups in total. The van der Waals surface area contributed by atoms with Crippen LogP contribution in [0.3, 0.4) is 0 Å². The van der Waals surface area contributed by atoms with Gasteiger partial charge >= 0.3 is 0 Å². The van der Waals surface area contributed by atoms with E-state index in [1.54, 1.807) is 29.3 Å². The van der Waals surface area contributed by atoms with Gasteiger partial charge in [-0.05, 0) is 17.7 Å². The van der Waals surface area contributed by atoms with Crippen molar-refractivity contribution in [2.75, 3.05) is 0 Å². The van der Waals surface area contributed by atoms with Crippen molar-refractivity contribution in [1.29, 1.82) is 0 Å². The summed E-state index contributed by atoms with van der Waals surface area (Å²) >= 11 is 6.05. The minimum absolute atomic E-state index is 0.0529. The highest BCUT2D eigenvalue weighted by Crippen LogP contribution is 2.20. The van der Waals surface area contributed by atoms with Gasteiger partial charge in [0.2, 0.25) is 5.91 Å². The summed E-state index contributed by atoms with van der Waals surface area (Å²) in [6.07, 6.45) is 6.54. The lowest BCUT2D eigenvalue weighted by atomic mass is 10.2. The molecule has 3 rings (SSSR count). The van der Waals surface area contributed by atoms with Gasteiger partial charge in [0, 0.05) is 29.4 Å². The SMILES string of the molecule is O=C(/C=C/c1ccccc1Cl)N1Cc2cncnc2C1. The maximum Gasteiger partial charge on any atom is 0.247 e. The lowest BCUT2D eigenvalue weighted by molar-refractivity contribution is -0.126. The van der Waals surface area contributed by atoms with Crippen molar-refractivity contribution >= 4 is 23.6 Å². The first-order chi connectivity index (χ1) is 9.74. The summed E-state index contributed by atoms with van der Waals surface area (Å²) in [6, 6.07) is 7.41. The minimum Gasteiger partial charge on any atom is -0.329 e. The Bertz CT molecular complexity index is 659. The maximum absolute atomic E-state index is 12.1. The van der Waals surface area contributed by atoms with Crippen LogP contribution in [0.5, 0.6) is 0 Å². The van der Waals surface area contributed by atoms with Crippen LogP contribution in [-0.4, -0.2) is 20.8 Å². The number of amides is 1. The fourth-order valence-corrected chi connectivity index (χ4v) is 2.33. The summed E-state index contributed by atoms with van der Waals surface area (Å²) in [5, 5.41) is 0.632. The number of carbonyl (C=O) groups excluding carboxylic acids is 1. The number of benzene rings is 1. The quantitative estimate of drug-likeness (QED) is 0.797. The summed E-state index contributed by atoms with van der Waals surface area (Å²) in [5.74, 6) is -0.0529.